The zero-order valence-corrected chi connectivity index (χ0v) is 9.63. The summed E-state index contributed by atoms with van der Waals surface area (Å²) in [6.07, 6.45) is 2.79. The normalized spacial score (nSPS) is 32.8. The predicted molar refractivity (Wildman–Crippen MR) is 60.4 cm³/mol. The molecule has 2 aliphatic heterocycles. The first-order chi connectivity index (χ1) is 6.75. The molecule has 0 saturated carbocycles. The quantitative estimate of drug-likeness (QED) is 0.734. The van der Waals surface area contributed by atoms with E-state index in [2.05, 4.69) is 24.1 Å². The van der Waals surface area contributed by atoms with Crippen molar-refractivity contribution >= 4 is 0 Å². The summed E-state index contributed by atoms with van der Waals surface area (Å²) >= 11 is 0. The average molecular weight is 196 g/mol. The Balaban J connectivity index is 1.64. The number of hydrogen-bond acceptors (Lipinski definition) is 2. The third-order valence-electron chi connectivity index (χ3n) is 3.72. The summed E-state index contributed by atoms with van der Waals surface area (Å²) < 4.78 is 0. The fraction of sp³-hybridized carbons (Fsp3) is 1.00. The van der Waals surface area contributed by atoms with Gasteiger partial charge in [0.05, 0.1) is 0 Å². The van der Waals surface area contributed by atoms with Gasteiger partial charge < -0.3 is 10.2 Å². The van der Waals surface area contributed by atoms with Gasteiger partial charge in [0, 0.05) is 13.1 Å². The van der Waals surface area contributed by atoms with Crippen molar-refractivity contribution in [3.8, 4) is 0 Å². The largest absolute Gasteiger partial charge is 0.316 e. The number of rotatable bonds is 4. The molecule has 14 heavy (non-hydrogen) atoms. The van der Waals surface area contributed by atoms with Gasteiger partial charge in [-0.25, -0.2) is 0 Å². The second-order valence-electron chi connectivity index (χ2n) is 5.47. The van der Waals surface area contributed by atoms with Crippen molar-refractivity contribution in [2.24, 2.45) is 17.8 Å². The Morgan fingerprint density at radius 1 is 1.21 bits per heavy atom. The van der Waals surface area contributed by atoms with Crippen molar-refractivity contribution in [3.63, 3.8) is 0 Å². The lowest BCUT2D eigenvalue weighted by Gasteiger charge is -2.17. The third-order valence-corrected chi connectivity index (χ3v) is 3.72. The van der Waals surface area contributed by atoms with Crippen LogP contribution in [0.4, 0.5) is 0 Å². The van der Waals surface area contributed by atoms with Crippen molar-refractivity contribution in [2.45, 2.75) is 26.7 Å². The smallest absolute Gasteiger partial charge is 0.00255 e. The third kappa shape index (κ3) is 2.48. The van der Waals surface area contributed by atoms with Gasteiger partial charge in [0.2, 0.25) is 0 Å². The minimum Gasteiger partial charge on any atom is -0.316 e. The topological polar surface area (TPSA) is 15.3 Å². The van der Waals surface area contributed by atoms with Gasteiger partial charge in [-0.1, -0.05) is 13.8 Å². The molecule has 1 N–H and O–H groups in total. The van der Waals surface area contributed by atoms with Crippen LogP contribution in [0.2, 0.25) is 0 Å². The summed E-state index contributed by atoms with van der Waals surface area (Å²) in [7, 11) is 0. The lowest BCUT2D eigenvalue weighted by atomic mass is 10.0. The number of hydrogen-bond donors (Lipinski definition) is 1. The van der Waals surface area contributed by atoms with Gasteiger partial charge in [-0.15, -0.1) is 0 Å². The van der Waals surface area contributed by atoms with E-state index < -0.39 is 0 Å². The van der Waals surface area contributed by atoms with Crippen LogP contribution >= 0.6 is 0 Å². The van der Waals surface area contributed by atoms with Gasteiger partial charge in [0.25, 0.3) is 0 Å². The zero-order valence-electron chi connectivity index (χ0n) is 9.63. The number of likely N-dealkylation sites (tertiary alicyclic amines) is 1. The van der Waals surface area contributed by atoms with E-state index in [1.165, 1.54) is 45.6 Å². The highest BCUT2D eigenvalue weighted by Crippen LogP contribution is 2.26. The van der Waals surface area contributed by atoms with Gasteiger partial charge in [0.15, 0.2) is 0 Å². The summed E-state index contributed by atoms with van der Waals surface area (Å²) in [5.41, 5.74) is 0. The summed E-state index contributed by atoms with van der Waals surface area (Å²) in [5, 5.41) is 3.49. The minimum atomic E-state index is 0.874. The standard InChI is InChI=1S/C12H24N2/c1-10(2)4-3-5-14-8-11-6-13-7-12(11)9-14/h10-13H,3-9H2,1-2H3/t11-,12+. The van der Waals surface area contributed by atoms with Crippen molar-refractivity contribution in [1.82, 2.24) is 10.2 Å². The molecule has 0 spiro atoms. The highest BCUT2D eigenvalue weighted by Gasteiger charge is 2.35. The monoisotopic (exact) mass is 196 g/mol. The molecular weight excluding hydrogens is 172 g/mol. The maximum Gasteiger partial charge on any atom is 0.00255 e. The molecule has 2 heterocycles. The van der Waals surface area contributed by atoms with Gasteiger partial charge in [-0.2, -0.15) is 0 Å². The first kappa shape index (κ1) is 10.4. The molecule has 82 valence electrons. The SMILES string of the molecule is CC(C)CCCN1C[C@H]2CNC[C@H]2C1. The van der Waals surface area contributed by atoms with E-state index >= 15 is 0 Å². The van der Waals surface area contributed by atoms with E-state index in [9.17, 15) is 0 Å². The van der Waals surface area contributed by atoms with Crippen LogP contribution in [-0.4, -0.2) is 37.6 Å². The molecule has 2 atom stereocenters. The second-order valence-corrected chi connectivity index (χ2v) is 5.47. The van der Waals surface area contributed by atoms with Crippen LogP contribution in [-0.2, 0) is 0 Å². The van der Waals surface area contributed by atoms with Crippen molar-refractivity contribution < 1.29 is 0 Å². The molecule has 0 amide bonds. The number of fused-ring (bicyclic) bond motifs is 1. The van der Waals surface area contributed by atoms with Crippen LogP contribution in [0.5, 0.6) is 0 Å². The van der Waals surface area contributed by atoms with Crippen molar-refractivity contribution in [3.05, 3.63) is 0 Å². The van der Waals surface area contributed by atoms with Crippen LogP contribution < -0.4 is 5.32 Å². The average Bonchev–Trinajstić information content (AvgIpc) is 2.62. The van der Waals surface area contributed by atoms with E-state index in [-0.39, 0.29) is 0 Å². The summed E-state index contributed by atoms with van der Waals surface area (Å²) in [6.45, 7) is 11.2. The van der Waals surface area contributed by atoms with Gasteiger partial charge >= 0.3 is 0 Å². The van der Waals surface area contributed by atoms with Crippen LogP contribution in [0.25, 0.3) is 0 Å². The molecule has 2 aliphatic rings. The Hall–Kier alpha value is -0.0800. The molecule has 2 saturated heterocycles. The Labute approximate surface area is 88.1 Å². The molecule has 0 bridgehead atoms. The number of nitrogens with zero attached hydrogens (tertiary/aromatic N) is 1. The van der Waals surface area contributed by atoms with Gasteiger partial charge in [-0.05, 0) is 50.2 Å². The van der Waals surface area contributed by atoms with Gasteiger partial charge in [-0.3, -0.25) is 0 Å². The van der Waals surface area contributed by atoms with Crippen LogP contribution in [0.3, 0.4) is 0 Å². The summed E-state index contributed by atoms with van der Waals surface area (Å²) in [5.74, 6) is 2.81. The van der Waals surface area contributed by atoms with Gasteiger partial charge in [0.1, 0.15) is 0 Å². The highest BCUT2D eigenvalue weighted by atomic mass is 15.2. The minimum absolute atomic E-state index is 0.874. The van der Waals surface area contributed by atoms with Crippen LogP contribution in [0, 0.1) is 17.8 Å². The molecule has 2 fully saturated rings. The van der Waals surface area contributed by atoms with E-state index in [1.54, 1.807) is 0 Å². The zero-order chi connectivity index (χ0) is 9.97. The van der Waals surface area contributed by atoms with E-state index in [1.807, 2.05) is 0 Å². The fourth-order valence-corrected chi connectivity index (χ4v) is 2.86. The molecule has 0 radical (unpaired) electrons. The maximum absolute atomic E-state index is 3.49. The van der Waals surface area contributed by atoms with Crippen LogP contribution in [0.1, 0.15) is 26.7 Å². The summed E-state index contributed by atoms with van der Waals surface area (Å²) in [6, 6.07) is 0. The molecule has 0 aromatic rings. The molecule has 0 aromatic carbocycles. The summed E-state index contributed by atoms with van der Waals surface area (Å²) in [4.78, 5) is 2.68. The lowest BCUT2D eigenvalue weighted by Crippen LogP contribution is -2.26. The predicted octanol–water partition coefficient (Wildman–Crippen LogP) is 1.57. The van der Waals surface area contributed by atoms with Crippen molar-refractivity contribution in [2.75, 3.05) is 32.7 Å². The Morgan fingerprint density at radius 2 is 1.86 bits per heavy atom. The molecule has 2 heteroatoms. The molecule has 2 nitrogen and oxygen atoms in total. The fourth-order valence-electron chi connectivity index (χ4n) is 2.86. The Morgan fingerprint density at radius 3 is 2.43 bits per heavy atom. The first-order valence-corrected chi connectivity index (χ1v) is 6.19. The van der Waals surface area contributed by atoms with E-state index in [0.717, 1.165) is 17.8 Å². The molecular formula is C12H24N2. The Bertz CT molecular complexity index is 167. The van der Waals surface area contributed by atoms with Crippen molar-refractivity contribution in [1.29, 1.82) is 0 Å². The molecule has 0 aliphatic carbocycles. The molecule has 0 unspecified atom stereocenters. The number of nitrogens with one attached hydrogen (secondary N) is 1. The van der Waals surface area contributed by atoms with Crippen LogP contribution in [0.15, 0.2) is 0 Å². The highest BCUT2D eigenvalue weighted by molar-refractivity contribution is 4.90. The molecule has 2 rings (SSSR count). The van der Waals surface area contributed by atoms with E-state index in [0.29, 0.717) is 0 Å². The lowest BCUT2D eigenvalue weighted by molar-refractivity contribution is 0.299. The Kier molecular flexibility index (Phi) is 3.45. The maximum atomic E-state index is 3.49. The molecule has 0 aromatic heterocycles. The first-order valence-electron chi connectivity index (χ1n) is 6.19. The van der Waals surface area contributed by atoms with E-state index in [4.69, 9.17) is 0 Å². The second kappa shape index (κ2) is 4.63.